The van der Waals surface area contributed by atoms with Gasteiger partial charge in [-0.2, -0.15) is 0 Å². The Morgan fingerprint density at radius 1 is 1.33 bits per heavy atom. The molecule has 1 amide bonds. The molecule has 0 spiro atoms. The van der Waals surface area contributed by atoms with Crippen LogP contribution in [-0.4, -0.2) is 23.9 Å². The van der Waals surface area contributed by atoms with Gasteiger partial charge in [0.15, 0.2) is 0 Å². The number of hydrogen-bond acceptors (Lipinski definition) is 1. The molecule has 1 aliphatic rings. The largest absolute Gasteiger partial charge is 0.339 e. The van der Waals surface area contributed by atoms with Crippen LogP contribution in [0.2, 0.25) is 0 Å². The van der Waals surface area contributed by atoms with Crippen LogP contribution < -0.4 is 0 Å². The van der Waals surface area contributed by atoms with Crippen molar-refractivity contribution in [2.75, 3.05) is 13.1 Å². The van der Waals surface area contributed by atoms with Crippen LogP contribution in [0.3, 0.4) is 0 Å². The maximum Gasteiger partial charge on any atom is 0.222 e. The smallest absolute Gasteiger partial charge is 0.222 e. The van der Waals surface area contributed by atoms with E-state index in [1.165, 1.54) is 19.3 Å². The second kappa shape index (κ2) is 8.12. The third-order valence-corrected chi connectivity index (χ3v) is 3.64. The molecule has 0 saturated heterocycles. The van der Waals surface area contributed by atoms with E-state index in [1.807, 2.05) is 17.9 Å². The van der Waals surface area contributed by atoms with Crippen LogP contribution in [0.1, 0.15) is 46.0 Å². The fraction of sp³-hybridized carbons (Fsp3) is 0.688. The van der Waals surface area contributed by atoms with Crippen molar-refractivity contribution in [3.05, 3.63) is 24.8 Å². The zero-order valence-corrected chi connectivity index (χ0v) is 11.9. The van der Waals surface area contributed by atoms with E-state index in [2.05, 4.69) is 25.7 Å². The van der Waals surface area contributed by atoms with E-state index in [4.69, 9.17) is 0 Å². The molecule has 0 radical (unpaired) electrons. The van der Waals surface area contributed by atoms with Crippen LogP contribution in [0.4, 0.5) is 0 Å². The summed E-state index contributed by atoms with van der Waals surface area (Å²) in [5.41, 5.74) is 0. The summed E-state index contributed by atoms with van der Waals surface area (Å²) < 4.78 is 0. The minimum absolute atomic E-state index is 0.256. The van der Waals surface area contributed by atoms with Gasteiger partial charge in [-0.05, 0) is 37.5 Å². The molecule has 0 aromatic rings. The van der Waals surface area contributed by atoms with Crippen molar-refractivity contribution >= 4 is 5.91 Å². The molecule has 1 saturated carbocycles. The highest BCUT2D eigenvalue weighted by Gasteiger charge is 2.37. The van der Waals surface area contributed by atoms with Gasteiger partial charge >= 0.3 is 0 Å². The summed E-state index contributed by atoms with van der Waals surface area (Å²) in [5.74, 6) is 1.82. The monoisotopic (exact) mass is 249 g/mol. The third kappa shape index (κ3) is 5.07. The summed E-state index contributed by atoms with van der Waals surface area (Å²) >= 11 is 0. The van der Waals surface area contributed by atoms with E-state index < -0.39 is 0 Å². The molecule has 0 aromatic heterocycles. The number of hydrogen-bond donors (Lipinski definition) is 0. The van der Waals surface area contributed by atoms with E-state index in [1.54, 1.807) is 0 Å². The van der Waals surface area contributed by atoms with Crippen LogP contribution in [-0.2, 0) is 4.79 Å². The SMILES string of the molecule is C=CCN(CC1CC1CC/C=C\CC)C(=O)CC. The standard InChI is InChI=1S/C16H27NO/c1-4-7-8-9-10-14-12-15(14)13-17(11-5-2)16(18)6-3/h5,7-8,14-15H,2,4,6,9-13H2,1,3H3/b8-7-. The highest BCUT2D eigenvalue weighted by Crippen LogP contribution is 2.42. The molecule has 0 aliphatic heterocycles. The van der Waals surface area contributed by atoms with Crippen LogP contribution in [0.25, 0.3) is 0 Å². The first kappa shape index (κ1) is 15.0. The lowest BCUT2D eigenvalue weighted by Crippen LogP contribution is -2.32. The lowest BCUT2D eigenvalue weighted by atomic mass is 10.1. The van der Waals surface area contributed by atoms with Crippen molar-refractivity contribution in [3.8, 4) is 0 Å². The first-order chi connectivity index (χ1) is 8.72. The molecule has 102 valence electrons. The molecule has 0 bridgehead atoms. The first-order valence-electron chi connectivity index (χ1n) is 7.26. The Morgan fingerprint density at radius 3 is 2.72 bits per heavy atom. The van der Waals surface area contributed by atoms with Gasteiger partial charge in [-0.15, -0.1) is 6.58 Å². The lowest BCUT2D eigenvalue weighted by Gasteiger charge is -2.20. The van der Waals surface area contributed by atoms with Gasteiger partial charge in [-0.25, -0.2) is 0 Å². The minimum atomic E-state index is 0.256. The summed E-state index contributed by atoms with van der Waals surface area (Å²) in [6, 6.07) is 0. The highest BCUT2D eigenvalue weighted by atomic mass is 16.2. The number of amides is 1. The van der Waals surface area contributed by atoms with Gasteiger partial charge in [0.2, 0.25) is 5.91 Å². The predicted molar refractivity (Wildman–Crippen MR) is 77.3 cm³/mol. The molecule has 1 rings (SSSR count). The van der Waals surface area contributed by atoms with Crippen molar-refractivity contribution in [2.24, 2.45) is 11.8 Å². The molecule has 2 nitrogen and oxygen atoms in total. The number of nitrogens with zero attached hydrogens (tertiary/aromatic N) is 1. The molecule has 2 unspecified atom stereocenters. The maximum atomic E-state index is 11.7. The fourth-order valence-corrected chi connectivity index (χ4v) is 2.42. The van der Waals surface area contributed by atoms with Gasteiger partial charge in [0.25, 0.3) is 0 Å². The second-order valence-electron chi connectivity index (χ2n) is 5.15. The van der Waals surface area contributed by atoms with E-state index in [-0.39, 0.29) is 5.91 Å². The Hall–Kier alpha value is -1.05. The van der Waals surface area contributed by atoms with Crippen molar-refractivity contribution in [3.63, 3.8) is 0 Å². The summed E-state index contributed by atoms with van der Waals surface area (Å²) in [6.45, 7) is 9.46. The summed E-state index contributed by atoms with van der Waals surface area (Å²) in [7, 11) is 0. The van der Waals surface area contributed by atoms with E-state index >= 15 is 0 Å². The van der Waals surface area contributed by atoms with Gasteiger partial charge in [0, 0.05) is 19.5 Å². The predicted octanol–water partition coefficient (Wildman–Crippen LogP) is 3.79. The second-order valence-corrected chi connectivity index (χ2v) is 5.15. The highest BCUT2D eigenvalue weighted by molar-refractivity contribution is 5.76. The Morgan fingerprint density at radius 2 is 2.11 bits per heavy atom. The average molecular weight is 249 g/mol. The van der Waals surface area contributed by atoms with Crippen LogP contribution >= 0.6 is 0 Å². The summed E-state index contributed by atoms with van der Waals surface area (Å²) in [4.78, 5) is 13.7. The van der Waals surface area contributed by atoms with E-state index in [0.29, 0.717) is 13.0 Å². The molecule has 2 heteroatoms. The Balaban J connectivity index is 2.24. The fourth-order valence-electron chi connectivity index (χ4n) is 2.42. The number of carbonyl (C=O) groups excluding carboxylic acids is 1. The van der Waals surface area contributed by atoms with Crippen molar-refractivity contribution in [2.45, 2.75) is 46.0 Å². The normalized spacial score (nSPS) is 22.1. The Bertz CT molecular complexity index is 295. The third-order valence-electron chi connectivity index (χ3n) is 3.64. The zero-order valence-electron chi connectivity index (χ0n) is 11.9. The van der Waals surface area contributed by atoms with Crippen LogP contribution in [0, 0.1) is 11.8 Å². The van der Waals surface area contributed by atoms with Crippen molar-refractivity contribution < 1.29 is 4.79 Å². The van der Waals surface area contributed by atoms with Crippen LogP contribution in [0.15, 0.2) is 24.8 Å². The van der Waals surface area contributed by atoms with Gasteiger partial charge < -0.3 is 4.90 Å². The Labute approximate surface area is 112 Å². The van der Waals surface area contributed by atoms with Crippen LogP contribution in [0.5, 0.6) is 0 Å². The summed E-state index contributed by atoms with van der Waals surface area (Å²) in [5, 5.41) is 0. The molecule has 0 heterocycles. The summed E-state index contributed by atoms with van der Waals surface area (Å²) in [6.07, 6.45) is 11.9. The number of allylic oxidation sites excluding steroid dienone is 2. The molecule has 0 N–H and O–H groups in total. The molecular weight excluding hydrogens is 222 g/mol. The van der Waals surface area contributed by atoms with Gasteiger partial charge in [0.05, 0.1) is 0 Å². The quantitative estimate of drug-likeness (QED) is 0.569. The number of carbonyl (C=O) groups is 1. The maximum absolute atomic E-state index is 11.7. The van der Waals surface area contributed by atoms with Crippen molar-refractivity contribution in [1.82, 2.24) is 4.90 Å². The average Bonchev–Trinajstić information content (AvgIpc) is 3.11. The Kier molecular flexibility index (Phi) is 6.77. The molecule has 1 fully saturated rings. The molecule has 0 aromatic carbocycles. The van der Waals surface area contributed by atoms with Crippen molar-refractivity contribution in [1.29, 1.82) is 0 Å². The molecule has 1 aliphatic carbocycles. The topological polar surface area (TPSA) is 20.3 Å². The molecule has 18 heavy (non-hydrogen) atoms. The van der Waals surface area contributed by atoms with E-state index in [9.17, 15) is 4.79 Å². The van der Waals surface area contributed by atoms with Gasteiger partial charge in [-0.1, -0.05) is 32.1 Å². The first-order valence-corrected chi connectivity index (χ1v) is 7.26. The van der Waals surface area contributed by atoms with Gasteiger partial charge in [0.1, 0.15) is 0 Å². The zero-order chi connectivity index (χ0) is 13.4. The minimum Gasteiger partial charge on any atom is -0.339 e. The molecule has 2 atom stereocenters. The lowest BCUT2D eigenvalue weighted by molar-refractivity contribution is -0.130. The molecular formula is C16H27NO. The van der Waals surface area contributed by atoms with Gasteiger partial charge in [-0.3, -0.25) is 4.79 Å². The number of rotatable bonds is 9. The van der Waals surface area contributed by atoms with E-state index in [0.717, 1.165) is 24.8 Å².